The summed E-state index contributed by atoms with van der Waals surface area (Å²) in [5.74, 6) is 0.351. The molecule has 2 rings (SSSR count). The van der Waals surface area contributed by atoms with E-state index in [4.69, 9.17) is 4.74 Å². The summed E-state index contributed by atoms with van der Waals surface area (Å²) in [7, 11) is 3.78. The first-order valence-electron chi connectivity index (χ1n) is 4.38. The largest absolute Gasteiger partial charge is 0.421 e. The van der Waals surface area contributed by atoms with E-state index < -0.39 is 0 Å². The van der Waals surface area contributed by atoms with Crippen LogP contribution in [-0.2, 0) is 4.74 Å². The lowest BCUT2D eigenvalue weighted by atomic mass is 10.1. The number of cyclic esters (lactones) is 1. The molecular weight excluding hydrogens is 178 g/mol. The topological polar surface area (TPSA) is 29.5 Å². The van der Waals surface area contributed by atoms with Crippen LogP contribution in [0.1, 0.15) is 15.9 Å². The van der Waals surface area contributed by atoms with Gasteiger partial charge in [0.25, 0.3) is 0 Å². The summed E-state index contributed by atoms with van der Waals surface area (Å²) < 4.78 is 5.12. The number of nitrogens with zero attached hydrogens (tertiary/aromatic N) is 1. The van der Waals surface area contributed by atoms with Crippen LogP contribution in [0, 0.1) is 0 Å². The maximum atomic E-state index is 11.4. The summed E-state index contributed by atoms with van der Waals surface area (Å²) in [5.41, 5.74) is 1.51. The molecule has 0 atom stereocenters. The zero-order valence-electron chi connectivity index (χ0n) is 8.15. The molecule has 1 aromatic carbocycles. The number of hydrogen-bond acceptors (Lipinski definition) is 3. The Labute approximate surface area is 82.6 Å². The van der Waals surface area contributed by atoms with E-state index in [-0.39, 0.29) is 5.97 Å². The summed E-state index contributed by atoms with van der Waals surface area (Å²) >= 11 is 0. The van der Waals surface area contributed by atoms with Gasteiger partial charge >= 0.3 is 5.97 Å². The Hall–Kier alpha value is -1.77. The predicted molar refractivity (Wildman–Crippen MR) is 53.5 cm³/mol. The number of fused-ring (bicyclic) bond motifs is 1. The lowest BCUT2D eigenvalue weighted by Crippen LogP contribution is -2.02. The molecule has 0 unspecified atom stereocenters. The molecule has 72 valence electrons. The second-order valence-electron chi connectivity index (χ2n) is 3.39. The van der Waals surface area contributed by atoms with Gasteiger partial charge in [0.1, 0.15) is 0 Å². The highest BCUT2D eigenvalue weighted by Crippen LogP contribution is 2.29. The van der Waals surface area contributed by atoms with Crippen molar-refractivity contribution >= 4 is 11.7 Å². The number of ether oxygens (including phenoxy) is 1. The maximum absolute atomic E-state index is 11.4. The quantitative estimate of drug-likeness (QED) is 0.630. The van der Waals surface area contributed by atoms with Crippen molar-refractivity contribution in [2.45, 2.75) is 0 Å². The molecule has 1 aliphatic heterocycles. The molecule has 3 nitrogen and oxygen atoms in total. The molecule has 1 aromatic rings. The van der Waals surface area contributed by atoms with Crippen LogP contribution in [0.3, 0.4) is 0 Å². The van der Waals surface area contributed by atoms with Crippen molar-refractivity contribution < 1.29 is 9.53 Å². The second-order valence-corrected chi connectivity index (χ2v) is 3.39. The Balaban J connectivity index is 2.49. The van der Waals surface area contributed by atoms with Crippen LogP contribution in [-0.4, -0.2) is 25.0 Å². The highest BCUT2D eigenvalue weighted by Gasteiger charge is 2.25. The van der Waals surface area contributed by atoms with Crippen molar-refractivity contribution in [3.63, 3.8) is 0 Å². The van der Waals surface area contributed by atoms with Crippen LogP contribution in [0.15, 0.2) is 30.5 Å². The van der Waals surface area contributed by atoms with Gasteiger partial charge in [0.15, 0.2) is 5.76 Å². The summed E-state index contributed by atoms with van der Waals surface area (Å²) in [6, 6.07) is 7.38. The van der Waals surface area contributed by atoms with E-state index in [0.29, 0.717) is 11.3 Å². The molecule has 14 heavy (non-hydrogen) atoms. The third kappa shape index (κ3) is 1.37. The molecule has 0 fully saturated rings. The molecule has 3 heteroatoms. The van der Waals surface area contributed by atoms with Crippen molar-refractivity contribution in [3.8, 4) is 0 Å². The van der Waals surface area contributed by atoms with Gasteiger partial charge in [-0.2, -0.15) is 0 Å². The molecule has 0 aliphatic carbocycles. The molecule has 0 bridgehead atoms. The van der Waals surface area contributed by atoms with Crippen LogP contribution in [0.25, 0.3) is 5.76 Å². The number of hydrogen-bond donors (Lipinski definition) is 0. The lowest BCUT2D eigenvalue weighted by Gasteiger charge is -2.06. The predicted octanol–water partition coefficient (Wildman–Crippen LogP) is 1.72. The maximum Gasteiger partial charge on any atom is 0.344 e. The van der Waals surface area contributed by atoms with Crippen LogP contribution in [0.2, 0.25) is 0 Å². The standard InChI is InChI=1S/C11H11NO2/c1-12(2)7-10-8-5-3-4-6-9(8)11(13)14-10/h3-7H,1-2H3/b10-7+. The van der Waals surface area contributed by atoms with Crippen LogP contribution in [0.4, 0.5) is 0 Å². The van der Waals surface area contributed by atoms with E-state index in [1.54, 1.807) is 12.3 Å². The fraction of sp³-hybridized carbons (Fsp3) is 0.182. The van der Waals surface area contributed by atoms with Gasteiger partial charge in [-0.05, 0) is 6.07 Å². The van der Waals surface area contributed by atoms with Crippen LogP contribution in [0.5, 0.6) is 0 Å². The van der Waals surface area contributed by atoms with E-state index in [9.17, 15) is 4.79 Å². The van der Waals surface area contributed by atoms with Crippen LogP contribution >= 0.6 is 0 Å². The zero-order chi connectivity index (χ0) is 10.1. The van der Waals surface area contributed by atoms with Gasteiger partial charge in [-0.15, -0.1) is 0 Å². The Morgan fingerprint density at radius 3 is 2.50 bits per heavy atom. The van der Waals surface area contributed by atoms with Crippen molar-refractivity contribution in [2.75, 3.05) is 14.1 Å². The summed E-state index contributed by atoms with van der Waals surface area (Å²) in [6.45, 7) is 0. The van der Waals surface area contributed by atoms with Crippen LogP contribution < -0.4 is 0 Å². The summed E-state index contributed by atoms with van der Waals surface area (Å²) in [6.07, 6.45) is 1.80. The first kappa shape index (κ1) is 8.81. The van der Waals surface area contributed by atoms with Gasteiger partial charge in [0.2, 0.25) is 0 Å². The number of esters is 1. The lowest BCUT2D eigenvalue weighted by molar-refractivity contribution is 0.0714. The molecule has 0 aromatic heterocycles. The highest BCUT2D eigenvalue weighted by molar-refractivity contribution is 6.02. The molecule has 0 radical (unpaired) electrons. The van der Waals surface area contributed by atoms with Crippen molar-refractivity contribution in [2.24, 2.45) is 0 Å². The molecule has 1 heterocycles. The monoisotopic (exact) mass is 189 g/mol. The zero-order valence-corrected chi connectivity index (χ0v) is 8.15. The van der Waals surface area contributed by atoms with Gasteiger partial charge in [-0.25, -0.2) is 4.79 Å². The van der Waals surface area contributed by atoms with E-state index in [1.807, 2.05) is 37.2 Å². The van der Waals surface area contributed by atoms with E-state index in [2.05, 4.69) is 0 Å². The van der Waals surface area contributed by atoms with Gasteiger partial charge in [-0.3, -0.25) is 0 Å². The number of benzene rings is 1. The average Bonchev–Trinajstić information content (AvgIpc) is 2.44. The number of carbonyl (C=O) groups excluding carboxylic acids is 1. The minimum Gasteiger partial charge on any atom is -0.421 e. The first-order chi connectivity index (χ1) is 6.68. The minimum absolute atomic E-state index is 0.270. The van der Waals surface area contributed by atoms with Crippen molar-refractivity contribution in [1.82, 2.24) is 4.90 Å². The molecular formula is C11H11NO2. The molecule has 1 aliphatic rings. The number of carbonyl (C=O) groups is 1. The number of rotatable bonds is 1. The van der Waals surface area contributed by atoms with Gasteiger partial charge in [0, 0.05) is 25.9 Å². The van der Waals surface area contributed by atoms with Crippen molar-refractivity contribution in [3.05, 3.63) is 41.6 Å². The van der Waals surface area contributed by atoms with Crippen molar-refractivity contribution in [1.29, 1.82) is 0 Å². The minimum atomic E-state index is -0.270. The molecule has 0 amide bonds. The molecule has 0 spiro atoms. The first-order valence-corrected chi connectivity index (χ1v) is 4.38. The third-order valence-electron chi connectivity index (χ3n) is 1.99. The Kier molecular flexibility index (Phi) is 2.00. The Morgan fingerprint density at radius 2 is 1.86 bits per heavy atom. The van der Waals surface area contributed by atoms with Gasteiger partial charge < -0.3 is 9.64 Å². The SMILES string of the molecule is CN(C)/C=C1/OC(=O)c2ccccc21. The van der Waals surface area contributed by atoms with E-state index >= 15 is 0 Å². The van der Waals surface area contributed by atoms with E-state index in [0.717, 1.165) is 5.56 Å². The van der Waals surface area contributed by atoms with E-state index in [1.165, 1.54) is 0 Å². The summed E-state index contributed by atoms with van der Waals surface area (Å²) in [5, 5.41) is 0. The Morgan fingerprint density at radius 1 is 1.21 bits per heavy atom. The molecule has 0 saturated heterocycles. The fourth-order valence-electron chi connectivity index (χ4n) is 1.42. The normalized spacial score (nSPS) is 16.7. The highest BCUT2D eigenvalue weighted by atomic mass is 16.5. The smallest absolute Gasteiger partial charge is 0.344 e. The third-order valence-corrected chi connectivity index (χ3v) is 1.99. The Bertz CT molecular complexity index is 408. The molecule has 0 N–H and O–H groups in total. The average molecular weight is 189 g/mol. The van der Waals surface area contributed by atoms with Gasteiger partial charge in [0.05, 0.1) is 5.56 Å². The fourth-order valence-corrected chi connectivity index (χ4v) is 1.42. The van der Waals surface area contributed by atoms with Gasteiger partial charge in [-0.1, -0.05) is 18.2 Å². The summed E-state index contributed by atoms with van der Waals surface area (Å²) in [4.78, 5) is 13.2. The second kappa shape index (κ2) is 3.18. The molecule has 0 saturated carbocycles.